The Bertz CT molecular complexity index is 1050. The molecule has 1 fully saturated rings. The number of rotatable bonds is 6. The van der Waals surface area contributed by atoms with Gasteiger partial charge >= 0.3 is 0 Å². The lowest BCUT2D eigenvalue weighted by atomic mass is 9.96. The van der Waals surface area contributed by atoms with Crippen LogP contribution in [0.4, 0.5) is 5.69 Å². The molecule has 2 aliphatic rings. The van der Waals surface area contributed by atoms with Crippen molar-refractivity contribution in [1.29, 1.82) is 5.41 Å². The molecular formula is C25H28Cl2N4O. The highest BCUT2D eigenvalue weighted by atomic mass is 35.5. The van der Waals surface area contributed by atoms with E-state index in [1.165, 1.54) is 11.8 Å². The van der Waals surface area contributed by atoms with Gasteiger partial charge in [-0.1, -0.05) is 47.5 Å². The molecule has 5 nitrogen and oxygen atoms in total. The van der Waals surface area contributed by atoms with Crippen molar-refractivity contribution in [3.8, 4) is 0 Å². The average Bonchev–Trinajstić information content (AvgIpc) is 3.33. The number of carbonyl (C=O) groups excluding carboxylic acids is 1. The minimum atomic E-state index is -0.0546. The van der Waals surface area contributed by atoms with E-state index < -0.39 is 0 Å². The van der Waals surface area contributed by atoms with Crippen molar-refractivity contribution >= 4 is 46.6 Å². The van der Waals surface area contributed by atoms with E-state index >= 15 is 0 Å². The van der Waals surface area contributed by atoms with Gasteiger partial charge in [0, 0.05) is 40.6 Å². The van der Waals surface area contributed by atoms with Gasteiger partial charge < -0.3 is 20.9 Å². The lowest BCUT2D eigenvalue weighted by Gasteiger charge is -2.29. The highest BCUT2D eigenvalue weighted by Gasteiger charge is 2.28. The molecular weight excluding hydrogens is 443 g/mol. The van der Waals surface area contributed by atoms with E-state index in [0.29, 0.717) is 16.6 Å². The van der Waals surface area contributed by atoms with Gasteiger partial charge in [0.05, 0.1) is 12.1 Å². The van der Waals surface area contributed by atoms with Gasteiger partial charge in [0.2, 0.25) is 5.91 Å². The van der Waals surface area contributed by atoms with E-state index in [9.17, 15) is 4.79 Å². The fourth-order valence-electron chi connectivity index (χ4n) is 4.42. The van der Waals surface area contributed by atoms with Crippen LogP contribution in [0.15, 0.2) is 42.5 Å². The Hall–Kier alpha value is -2.34. The Labute approximate surface area is 199 Å². The van der Waals surface area contributed by atoms with Crippen molar-refractivity contribution in [3.63, 3.8) is 0 Å². The standard InChI is InChI=1S/C25H28Cl2N4O/c1-16(21-7-6-20(26)14-22(21)27)30-24-13-18(4-5-19(24)15-28)17-8-11-31(12-9-17)25(32)23-3-2-10-29-23/h4-8,13-16,23,28-30H,2-3,9-12H2,1H3. The van der Waals surface area contributed by atoms with Gasteiger partial charge in [-0.2, -0.15) is 0 Å². The smallest absolute Gasteiger partial charge is 0.239 e. The van der Waals surface area contributed by atoms with E-state index in [1.54, 1.807) is 6.07 Å². The summed E-state index contributed by atoms with van der Waals surface area (Å²) in [6, 6.07) is 11.5. The highest BCUT2D eigenvalue weighted by Crippen LogP contribution is 2.32. The fourth-order valence-corrected chi connectivity index (χ4v) is 4.99. The largest absolute Gasteiger partial charge is 0.378 e. The molecule has 0 aliphatic carbocycles. The molecule has 0 spiro atoms. The first kappa shape index (κ1) is 22.8. The maximum atomic E-state index is 12.7. The van der Waals surface area contributed by atoms with Gasteiger partial charge in [-0.25, -0.2) is 0 Å². The summed E-state index contributed by atoms with van der Waals surface area (Å²) in [6.07, 6.45) is 6.33. The number of nitrogens with one attached hydrogen (secondary N) is 3. The molecule has 168 valence electrons. The molecule has 3 N–H and O–H groups in total. The second-order valence-electron chi connectivity index (χ2n) is 8.39. The number of nitrogens with zero attached hydrogens (tertiary/aromatic N) is 1. The maximum absolute atomic E-state index is 12.7. The van der Waals surface area contributed by atoms with Gasteiger partial charge in [0.25, 0.3) is 0 Å². The van der Waals surface area contributed by atoms with Crippen LogP contribution in [-0.2, 0) is 4.79 Å². The first-order valence-corrected chi connectivity index (χ1v) is 11.8. The van der Waals surface area contributed by atoms with E-state index in [2.05, 4.69) is 22.8 Å². The zero-order chi connectivity index (χ0) is 22.7. The third kappa shape index (κ3) is 5.01. The molecule has 2 unspecified atom stereocenters. The number of benzene rings is 2. The summed E-state index contributed by atoms with van der Waals surface area (Å²) in [5.41, 5.74) is 4.98. The third-order valence-electron chi connectivity index (χ3n) is 6.26. The molecule has 0 radical (unpaired) electrons. The van der Waals surface area contributed by atoms with Crippen LogP contribution in [0.5, 0.6) is 0 Å². The van der Waals surface area contributed by atoms with Gasteiger partial charge in [-0.15, -0.1) is 0 Å². The van der Waals surface area contributed by atoms with Gasteiger partial charge in [0.15, 0.2) is 0 Å². The van der Waals surface area contributed by atoms with E-state index in [-0.39, 0.29) is 18.0 Å². The van der Waals surface area contributed by atoms with Crippen LogP contribution in [0, 0.1) is 5.41 Å². The monoisotopic (exact) mass is 470 g/mol. The van der Waals surface area contributed by atoms with Gasteiger partial charge in [-0.05, 0) is 67.6 Å². The summed E-state index contributed by atoms with van der Waals surface area (Å²) in [6.45, 7) is 4.34. The van der Waals surface area contributed by atoms with Crippen molar-refractivity contribution in [2.24, 2.45) is 0 Å². The molecule has 1 saturated heterocycles. The Kier molecular flexibility index (Phi) is 7.19. The first-order chi connectivity index (χ1) is 15.5. The molecule has 2 aromatic rings. The summed E-state index contributed by atoms with van der Waals surface area (Å²) in [5.74, 6) is 0.216. The van der Waals surface area contributed by atoms with Gasteiger partial charge in [0.1, 0.15) is 0 Å². The third-order valence-corrected chi connectivity index (χ3v) is 6.82. The van der Waals surface area contributed by atoms with Crippen molar-refractivity contribution < 1.29 is 4.79 Å². The quantitative estimate of drug-likeness (QED) is 0.485. The molecule has 2 atom stereocenters. The van der Waals surface area contributed by atoms with E-state index in [1.807, 2.05) is 36.1 Å². The molecule has 2 heterocycles. The summed E-state index contributed by atoms with van der Waals surface area (Å²) < 4.78 is 0. The Morgan fingerprint density at radius 2 is 2.12 bits per heavy atom. The first-order valence-electron chi connectivity index (χ1n) is 11.0. The molecule has 7 heteroatoms. The van der Waals surface area contributed by atoms with Crippen molar-refractivity contribution in [2.45, 2.75) is 38.3 Å². The summed E-state index contributed by atoms with van der Waals surface area (Å²) in [7, 11) is 0. The number of carbonyl (C=O) groups is 1. The van der Waals surface area contributed by atoms with Crippen LogP contribution >= 0.6 is 23.2 Å². The van der Waals surface area contributed by atoms with E-state index in [4.69, 9.17) is 28.6 Å². The van der Waals surface area contributed by atoms with Crippen LogP contribution in [0.1, 0.15) is 48.9 Å². The lowest BCUT2D eigenvalue weighted by molar-refractivity contribution is -0.132. The molecule has 32 heavy (non-hydrogen) atoms. The summed E-state index contributed by atoms with van der Waals surface area (Å²) >= 11 is 12.4. The highest BCUT2D eigenvalue weighted by molar-refractivity contribution is 6.35. The number of hydrogen-bond donors (Lipinski definition) is 3. The van der Waals surface area contributed by atoms with Crippen LogP contribution in [0.3, 0.4) is 0 Å². The minimum Gasteiger partial charge on any atom is -0.378 e. The lowest BCUT2D eigenvalue weighted by Crippen LogP contribution is -2.45. The molecule has 0 aromatic heterocycles. The number of hydrogen-bond acceptors (Lipinski definition) is 4. The molecule has 1 amide bonds. The second kappa shape index (κ2) is 10.1. The Morgan fingerprint density at radius 1 is 1.28 bits per heavy atom. The van der Waals surface area contributed by atoms with Crippen LogP contribution < -0.4 is 10.6 Å². The predicted molar refractivity (Wildman–Crippen MR) is 133 cm³/mol. The second-order valence-corrected chi connectivity index (χ2v) is 9.23. The Morgan fingerprint density at radius 3 is 2.78 bits per heavy atom. The van der Waals surface area contributed by atoms with Crippen molar-refractivity contribution in [2.75, 3.05) is 25.0 Å². The zero-order valence-corrected chi connectivity index (χ0v) is 19.6. The SMILES string of the molecule is CC(Nc1cc(C2=CCN(C(=O)C3CCCN3)CC2)ccc1C=N)c1ccc(Cl)cc1Cl. The van der Waals surface area contributed by atoms with Gasteiger partial charge in [-0.3, -0.25) is 4.79 Å². The molecule has 0 bridgehead atoms. The molecule has 0 saturated carbocycles. The maximum Gasteiger partial charge on any atom is 0.239 e. The van der Waals surface area contributed by atoms with E-state index in [0.717, 1.165) is 54.7 Å². The number of amides is 1. The predicted octanol–water partition coefficient (Wildman–Crippen LogP) is 5.53. The van der Waals surface area contributed by atoms with Crippen molar-refractivity contribution in [3.05, 3.63) is 69.2 Å². The minimum absolute atomic E-state index is 0.0196. The van der Waals surface area contributed by atoms with Crippen LogP contribution in [0.2, 0.25) is 10.0 Å². The molecule has 4 rings (SSSR count). The average molecular weight is 471 g/mol. The van der Waals surface area contributed by atoms with Crippen LogP contribution in [0.25, 0.3) is 5.57 Å². The summed E-state index contributed by atoms with van der Waals surface area (Å²) in [5, 5.41) is 15.8. The Balaban J connectivity index is 1.50. The number of anilines is 1. The zero-order valence-electron chi connectivity index (χ0n) is 18.1. The van der Waals surface area contributed by atoms with Crippen LogP contribution in [-0.4, -0.2) is 42.7 Å². The topological polar surface area (TPSA) is 68.2 Å². The summed E-state index contributed by atoms with van der Waals surface area (Å²) in [4.78, 5) is 14.6. The normalized spacial score (nSPS) is 19.4. The fraction of sp³-hybridized carbons (Fsp3) is 0.360. The molecule has 2 aliphatic heterocycles. The van der Waals surface area contributed by atoms with Crippen molar-refractivity contribution in [1.82, 2.24) is 10.2 Å². The number of halogens is 2. The molecule has 2 aromatic carbocycles.